The van der Waals surface area contributed by atoms with Crippen LogP contribution in [-0.2, 0) is 30.9 Å². The van der Waals surface area contributed by atoms with Gasteiger partial charge in [0.05, 0.1) is 24.0 Å². The van der Waals surface area contributed by atoms with Gasteiger partial charge in [0.2, 0.25) is 10.0 Å². The fourth-order valence-electron chi connectivity index (χ4n) is 3.57. The molecule has 0 amide bonds. The van der Waals surface area contributed by atoms with Crippen molar-refractivity contribution in [2.45, 2.75) is 37.7 Å². The summed E-state index contributed by atoms with van der Waals surface area (Å²) in [5.74, 6) is -0.513. The van der Waals surface area contributed by atoms with E-state index in [1.54, 1.807) is 24.3 Å². The number of esters is 1. The summed E-state index contributed by atoms with van der Waals surface area (Å²) in [6.45, 7) is 5.60. The molecule has 0 saturated carbocycles. The summed E-state index contributed by atoms with van der Waals surface area (Å²) in [7, 11) is -3.59. The highest BCUT2D eigenvalue weighted by Crippen LogP contribution is 2.29. The quantitative estimate of drug-likeness (QED) is 0.598. The lowest BCUT2D eigenvalue weighted by atomic mass is 9.85. The molecule has 0 aliphatic carbocycles. The van der Waals surface area contributed by atoms with Gasteiger partial charge < -0.3 is 9.47 Å². The number of hydrogen-bond donors (Lipinski definition) is 0. The van der Waals surface area contributed by atoms with Crippen molar-refractivity contribution in [3.05, 3.63) is 65.7 Å². The summed E-state index contributed by atoms with van der Waals surface area (Å²) in [5.41, 5.74) is 1.58. The van der Waals surface area contributed by atoms with Crippen LogP contribution in [0.4, 0.5) is 0 Å². The Morgan fingerprint density at radius 2 is 1.80 bits per heavy atom. The van der Waals surface area contributed by atoms with Crippen LogP contribution in [0.2, 0.25) is 0 Å². The van der Waals surface area contributed by atoms with Gasteiger partial charge in [0.15, 0.2) is 0 Å². The Hall–Kier alpha value is -2.22. The number of rotatable bonds is 8. The standard InChI is InChI=1S/C23H29NO5S/c1-3-18(2)22(20-9-5-4-6-10-20)23(25)29-17-19-8-7-11-21(16-19)30(26,27)24-12-14-28-15-13-24/h4-11,16,18,22H,3,12-15,17H2,1-2H3/t18-,22-/m1/s1. The third-order valence-corrected chi connectivity index (χ3v) is 7.41. The number of carbonyl (C=O) groups is 1. The van der Waals surface area contributed by atoms with Crippen molar-refractivity contribution in [2.24, 2.45) is 5.92 Å². The monoisotopic (exact) mass is 431 g/mol. The van der Waals surface area contributed by atoms with Gasteiger partial charge in [-0.15, -0.1) is 0 Å². The van der Waals surface area contributed by atoms with Crippen LogP contribution in [0.15, 0.2) is 59.5 Å². The fraction of sp³-hybridized carbons (Fsp3) is 0.435. The van der Waals surface area contributed by atoms with Gasteiger partial charge >= 0.3 is 5.97 Å². The Morgan fingerprint density at radius 3 is 2.47 bits per heavy atom. The van der Waals surface area contributed by atoms with E-state index in [9.17, 15) is 13.2 Å². The van der Waals surface area contributed by atoms with Crippen LogP contribution in [0.3, 0.4) is 0 Å². The number of hydrogen-bond acceptors (Lipinski definition) is 5. The van der Waals surface area contributed by atoms with Gasteiger partial charge in [-0.05, 0) is 29.2 Å². The molecule has 162 valence electrons. The maximum absolute atomic E-state index is 12.9. The molecule has 2 aromatic carbocycles. The highest BCUT2D eigenvalue weighted by Gasteiger charge is 2.28. The molecule has 1 fully saturated rings. The van der Waals surface area contributed by atoms with Gasteiger partial charge in [-0.3, -0.25) is 4.79 Å². The van der Waals surface area contributed by atoms with E-state index in [4.69, 9.17) is 9.47 Å². The third kappa shape index (κ3) is 5.28. The van der Waals surface area contributed by atoms with E-state index in [-0.39, 0.29) is 29.3 Å². The molecule has 2 aromatic rings. The van der Waals surface area contributed by atoms with Crippen molar-refractivity contribution in [2.75, 3.05) is 26.3 Å². The molecule has 1 aliphatic rings. The zero-order valence-electron chi connectivity index (χ0n) is 17.5. The first-order valence-electron chi connectivity index (χ1n) is 10.3. The first-order valence-corrected chi connectivity index (χ1v) is 11.8. The summed E-state index contributed by atoms with van der Waals surface area (Å²) in [5, 5.41) is 0. The Morgan fingerprint density at radius 1 is 1.10 bits per heavy atom. The molecule has 7 heteroatoms. The van der Waals surface area contributed by atoms with Gasteiger partial charge in [-0.2, -0.15) is 4.31 Å². The van der Waals surface area contributed by atoms with Gasteiger partial charge in [-0.1, -0.05) is 62.7 Å². The van der Waals surface area contributed by atoms with E-state index >= 15 is 0 Å². The zero-order chi connectivity index (χ0) is 21.6. The van der Waals surface area contributed by atoms with Crippen molar-refractivity contribution >= 4 is 16.0 Å². The highest BCUT2D eigenvalue weighted by atomic mass is 32.2. The van der Waals surface area contributed by atoms with Gasteiger partial charge in [0.25, 0.3) is 0 Å². The van der Waals surface area contributed by atoms with Crippen molar-refractivity contribution in [1.82, 2.24) is 4.31 Å². The average Bonchev–Trinajstić information content (AvgIpc) is 2.79. The van der Waals surface area contributed by atoms with Gasteiger partial charge in [0, 0.05) is 13.1 Å². The Balaban J connectivity index is 1.72. The Labute approximate surface area is 178 Å². The second-order valence-electron chi connectivity index (χ2n) is 7.55. The highest BCUT2D eigenvalue weighted by molar-refractivity contribution is 7.89. The predicted molar refractivity (Wildman–Crippen MR) is 114 cm³/mol. The second kappa shape index (κ2) is 10.2. The molecule has 0 bridgehead atoms. The number of ether oxygens (including phenoxy) is 2. The molecule has 0 spiro atoms. The van der Waals surface area contributed by atoms with Crippen LogP contribution in [0.5, 0.6) is 0 Å². The van der Waals surface area contributed by atoms with E-state index in [0.29, 0.717) is 31.9 Å². The van der Waals surface area contributed by atoms with Gasteiger partial charge in [0.1, 0.15) is 6.61 Å². The number of nitrogens with zero attached hydrogens (tertiary/aromatic N) is 1. The van der Waals surface area contributed by atoms with E-state index in [0.717, 1.165) is 12.0 Å². The molecular weight excluding hydrogens is 402 g/mol. The predicted octanol–water partition coefficient (Wildman–Crippen LogP) is 3.58. The van der Waals surface area contributed by atoms with Gasteiger partial charge in [-0.25, -0.2) is 8.42 Å². The summed E-state index contributed by atoms with van der Waals surface area (Å²) < 4.78 is 38.0. The lowest BCUT2D eigenvalue weighted by molar-refractivity contribution is -0.148. The first-order chi connectivity index (χ1) is 14.4. The summed E-state index contributed by atoms with van der Waals surface area (Å²) >= 11 is 0. The molecule has 1 aliphatic heterocycles. The van der Waals surface area contributed by atoms with Crippen LogP contribution in [0.25, 0.3) is 0 Å². The SMILES string of the molecule is CC[C@@H](C)[C@@H](C(=O)OCc1cccc(S(=O)(=O)N2CCOCC2)c1)c1ccccc1. The summed E-state index contributed by atoms with van der Waals surface area (Å²) in [4.78, 5) is 13.1. The van der Waals surface area contributed by atoms with Crippen LogP contribution < -0.4 is 0 Å². The zero-order valence-corrected chi connectivity index (χ0v) is 18.3. The fourth-order valence-corrected chi connectivity index (χ4v) is 5.05. The molecule has 0 unspecified atom stereocenters. The number of carbonyl (C=O) groups excluding carboxylic acids is 1. The molecule has 30 heavy (non-hydrogen) atoms. The molecule has 1 heterocycles. The lowest BCUT2D eigenvalue weighted by Gasteiger charge is -2.26. The van der Waals surface area contributed by atoms with Crippen molar-refractivity contribution in [3.63, 3.8) is 0 Å². The van der Waals surface area contributed by atoms with Crippen molar-refractivity contribution in [3.8, 4) is 0 Å². The van der Waals surface area contributed by atoms with E-state index in [1.807, 2.05) is 44.2 Å². The minimum Gasteiger partial charge on any atom is -0.460 e. The number of benzene rings is 2. The molecule has 0 N–H and O–H groups in total. The lowest BCUT2D eigenvalue weighted by Crippen LogP contribution is -2.40. The summed E-state index contributed by atoms with van der Waals surface area (Å²) in [6.07, 6.45) is 0.849. The Kier molecular flexibility index (Phi) is 7.64. The van der Waals surface area contributed by atoms with E-state index in [2.05, 4.69) is 0 Å². The minimum atomic E-state index is -3.59. The van der Waals surface area contributed by atoms with Crippen LogP contribution in [0.1, 0.15) is 37.3 Å². The molecule has 2 atom stereocenters. The number of morpholine rings is 1. The minimum absolute atomic E-state index is 0.0328. The van der Waals surface area contributed by atoms with E-state index in [1.165, 1.54) is 4.31 Å². The van der Waals surface area contributed by atoms with Crippen LogP contribution >= 0.6 is 0 Å². The van der Waals surface area contributed by atoms with Crippen molar-refractivity contribution < 1.29 is 22.7 Å². The smallest absolute Gasteiger partial charge is 0.314 e. The molecular formula is C23H29NO5S. The third-order valence-electron chi connectivity index (χ3n) is 5.51. The normalized spacial score (nSPS) is 17.3. The molecule has 6 nitrogen and oxygen atoms in total. The first kappa shape index (κ1) is 22.5. The van der Waals surface area contributed by atoms with E-state index < -0.39 is 10.0 Å². The van der Waals surface area contributed by atoms with Crippen LogP contribution in [-0.4, -0.2) is 45.0 Å². The Bertz CT molecular complexity index is 939. The maximum Gasteiger partial charge on any atom is 0.314 e. The summed E-state index contributed by atoms with van der Waals surface area (Å²) in [6, 6.07) is 16.2. The van der Waals surface area contributed by atoms with Crippen LogP contribution in [0, 0.1) is 5.92 Å². The second-order valence-corrected chi connectivity index (χ2v) is 9.48. The molecule has 0 radical (unpaired) electrons. The molecule has 0 aromatic heterocycles. The molecule has 1 saturated heterocycles. The van der Waals surface area contributed by atoms with Crippen molar-refractivity contribution in [1.29, 1.82) is 0 Å². The molecule has 3 rings (SSSR count). The topological polar surface area (TPSA) is 72.9 Å². The largest absolute Gasteiger partial charge is 0.460 e. The maximum atomic E-state index is 12.9. The average molecular weight is 432 g/mol. The number of sulfonamides is 1.